The Labute approximate surface area is 172 Å². The molecule has 0 spiro atoms. The van der Waals surface area contributed by atoms with Crippen LogP contribution in [0.3, 0.4) is 0 Å². The van der Waals surface area contributed by atoms with Gasteiger partial charge < -0.3 is 22.1 Å². The number of unbranched alkanes of at least 4 members (excludes halogenated alkanes) is 2. The second-order valence-corrected chi connectivity index (χ2v) is 6.92. The molecule has 0 saturated carbocycles. The van der Waals surface area contributed by atoms with Crippen LogP contribution in [0.15, 0.2) is 36.7 Å². The van der Waals surface area contributed by atoms with Crippen LogP contribution in [0, 0.1) is 5.92 Å². The van der Waals surface area contributed by atoms with Gasteiger partial charge in [0.15, 0.2) is 0 Å². The van der Waals surface area contributed by atoms with Crippen molar-refractivity contribution in [2.75, 3.05) is 13.1 Å². The largest absolute Gasteiger partial charge is 0.369 e. The van der Waals surface area contributed by atoms with E-state index in [-0.39, 0.29) is 23.6 Å². The van der Waals surface area contributed by atoms with Crippen molar-refractivity contribution in [1.29, 1.82) is 0 Å². The number of pyridine rings is 1. The number of hydrogen-bond donors (Lipinski definition) is 4. The zero-order chi connectivity index (χ0) is 21.5. The number of hydrogen-bond acceptors (Lipinski definition) is 5. The smallest absolute Gasteiger partial charge is 0.252 e. The highest BCUT2D eigenvalue weighted by Crippen LogP contribution is 2.09. The fraction of sp³-hybridized carbons (Fsp3) is 0.524. The Bertz CT molecular complexity index is 664. The molecule has 0 aliphatic rings. The number of rotatable bonds is 14. The van der Waals surface area contributed by atoms with Gasteiger partial charge in [0, 0.05) is 25.5 Å². The van der Waals surface area contributed by atoms with Gasteiger partial charge in [-0.1, -0.05) is 31.9 Å². The van der Waals surface area contributed by atoms with Crippen LogP contribution in [0.1, 0.15) is 55.8 Å². The topological polar surface area (TPSA) is 140 Å². The summed E-state index contributed by atoms with van der Waals surface area (Å²) >= 11 is 0. The monoisotopic (exact) mass is 403 g/mol. The van der Waals surface area contributed by atoms with Gasteiger partial charge in [0.05, 0.1) is 17.5 Å². The van der Waals surface area contributed by atoms with Gasteiger partial charge in [0.1, 0.15) is 0 Å². The third-order valence-corrected chi connectivity index (χ3v) is 4.48. The molecule has 8 heteroatoms. The predicted molar refractivity (Wildman–Crippen MR) is 113 cm³/mol. The summed E-state index contributed by atoms with van der Waals surface area (Å²) < 4.78 is 0. The lowest BCUT2D eigenvalue weighted by molar-refractivity contribution is -0.122. The van der Waals surface area contributed by atoms with Crippen molar-refractivity contribution in [3.8, 4) is 0 Å². The zero-order valence-electron chi connectivity index (χ0n) is 17.1. The third-order valence-electron chi connectivity index (χ3n) is 4.48. The third kappa shape index (κ3) is 10.4. The summed E-state index contributed by atoms with van der Waals surface area (Å²) in [7, 11) is 0. The number of carbonyl (C=O) groups is 3. The molecule has 0 bridgehead atoms. The molecule has 1 rings (SSSR count). The average molecular weight is 404 g/mol. The maximum absolute atomic E-state index is 12.0. The van der Waals surface area contributed by atoms with E-state index in [4.69, 9.17) is 11.5 Å². The van der Waals surface area contributed by atoms with Gasteiger partial charge in [-0.2, -0.15) is 0 Å². The van der Waals surface area contributed by atoms with Crippen LogP contribution in [-0.4, -0.2) is 41.8 Å². The average Bonchev–Trinajstić information content (AvgIpc) is 2.72. The molecule has 3 amide bonds. The zero-order valence-corrected chi connectivity index (χ0v) is 17.1. The molecular weight excluding hydrogens is 370 g/mol. The van der Waals surface area contributed by atoms with E-state index in [0.29, 0.717) is 31.5 Å². The van der Waals surface area contributed by atoms with Crippen molar-refractivity contribution in [2.24, 2.45) is 17.4 Å². The Balaban J connectivity index is 2.18. The van der Waals surface area contributed by atoms with Crippen LogP contribution in [0.4, 0.5) is 0 Å². The summed E-state index contributed by atoms with van der Waals surface area (Å²) in [5.74, 6) is -1.06. The fourth-order valence-corrected chi connectivity index (χ4v) is 2.70. The minimum atomic E-state index is -0.607. The molecule has 8 nitrogen and oxygen atoms in total. The SMILES string of the molecule is CCCC[C@H](/C=C/CNC(=O)[C@@H](N)CCCCNC(=O)c1cccnc1)C(N)=O. The van der Waals surface area contributed by atoms with Crippen molar-refractivity contribution >= 4 is 17.7 Å². The van der Waals surface area contributed by atoms with Gasteiger partial charge in [-0.05, 0) is 37.8 Å². The molecule has 160 valence electrons. The van der Waals surface area contributed by atoms with Crippen LogP contribution < -0.4 is 22.1 Å². The summed E-state index contributed by atoms with van der Waals surface area (Å²) in [5, 5.41) is 5.54. The number of nitrogens with one attached hydrogen (secondary N) is 2. The first-order valence-corrected chi connectivity index (χ1v) is 10.1. The predicted octanol–water partition coefficient (Wildman–Crippen LogP) is 1.27. The minimum absolute atomic E-state index is 0.167. The molecule has 1 aromatic heterocycles. The maximum atomic E-state index is 12.0. The molecule has 29 heavy (non-hydrogen) atoms. The molecule has 0 aromatic carbocycles. The number of primary amides is 1. The van der Waals surface area contributed by atoms with Crippen molar-refractivity contribution < 1.29 is 14.4 Å². The lowest BCUT2D eigenvalue weighted by Gasteiger charge is -2.12. The lowest BCUT2D eigenvalue weighted by atomic mass is 10.0. The van der Waals surface area contributed by atoms with Crippen LogP contribution in [0.2, 0.25) is 0 Å². The van der Waals surface area contributed by atoms with Gasteiger partial charge in [0.25, 0.3) is 5.91 Å². The van der Waals surface area contributed by atoms with E-state index in [1.807, 2.05) is 0 Å². The van der Waals surface area contributed by atoms with Gasteiger partial charge in [-0.3, -0.25) is 19.4 Å². The van der Waals surface area contributed by atoms with Crippen LogP contribution in [-0.2, 0) is 9.59 Å². The molecule has 0 aliphatic carbocycles. The van der Waals surface area contributed by atoms with Crippen LogP contribution in [0.25, 0.3) is 0 Å². The molecule has 0 fully saturated rings. The number of amides is 3. The van der Waals surface area contributed by atoms with E-state index in [0.717, 1.165) is 25.7 Å². The first kappa shape index (κ1) is 24.3. The summed E-state index contributed by atoms with van der Waals surface area (Å²) in [6.45, 7) is 2.87. The quantitative estimate of drug-likeness (QED) is 0.273. The summed E-state index contributed by atoms with van der Waals surface area (Å²) in [6.07, 6.45) is 11.2. The van der Waals surface area contributed by atoms with Gasteiger partial charge in [0.2, 0.25) is 11.8 Å². The fourth-order valence-electron chi connectivity index (χ4n) is 2.70. The van der Waals surface area contributed by atoms with Crippen molar-refractivity contribution in [1.82, 2.24) is 15.6 Å². The molecule has 2 atom stereocenters. The van der Waals surface area contributed by atoms with Gasteiger partial charge in [-0.15, -0.1) is 0 Å². The second kappa shape index (κ2) is 14.3. The van der Waals surface area contributed by atoms with Crippen LogP contribution in [0.5, 0.6) is 0 Å². The normalized spacial score (nSPS) is 13.0. The Morgan fingerprint density at radius 1 is 1.17 bits per heavy atom. The molecule has 1 heterocycles. The Morgan fingerprint density at radius 2 is 1.97 bits per heavy atom. The Morgan fingerprint density at radius 3 is 2.62 bits per heavy atom. The van der Waals surface area contributed by atoms with E-state index in [1.54, 1.807) is 30.5 Å². The molecule has 1 aromatic rings. The highest BCUT2D eigenvalue weighted by molar-refractivity contribution is 5.93. The van der Waals surface area contributed by atoms with E-state index in [9.17, 15) is 14.4 Å². The molecule has 6 N–H and O–H groups in total. The van der Waals surface area contributed by atoms with E-state index >= 15 is 0 Å². The minimum Gasteiger partial charge on any atom is -0.369 e. The van der Waals surface area contributed by atoms with Crippen molar-refractivity contribution in [2.45, 2.75) is 51.5 Å². The highest BCUT2D eigenvalue weighted by atomic mass is 16.2. The molecule has 0 saturated heterocycles. The van der Waals surface area contributed by atoms with Gasteiger partial charge in [-0.25, -0.2) is 0 Å². The molecule has 0 radical (unpaired) electrons. The summed E-state index contributed by atoms with van der Waals surface area (Å²) in [4.78, 5) is 39.2. The highest BCUT2D eigenvalue weighted by Gasteiger charge is 2.13. The molecule has 0 aliphatic heterocycles. The Hall–Kier alpha value is -2.74. The number of nitrogens with zero attached hydrogens (tertiary/aromatic N) is 1. The van der Waals surface area contributed by atoms with E-state index in [2.05, 4.69) is 22.5 Å². The second-order valence-electron chi connectivity index (χ2n) is 6.92. The standard InChI is InChI=1S/C21H33N5O3/c1-2-3-8-16(19(23)27)9-7-14-26-21(29)18(22)11-4-5-13-25-20(28)17-10-6-12-24-15-17/h6-7,9-10,12,15-16,18H,2-5,8,11,13-14,22H2,1H3,(H2,23,27)(H,25,28)(H,26,29)/b9-7+/t16-,18+/m1/s1. The van der Waals surface area contributed by atoms with Crippen molar-refractivity contribution in [3.63, 3.8) is 0 Å². The summed E-state index contributed by atoms with van der Waals surface area (Å²) in [6, 6.07) is 2.80. The Kier molecular flexibility index (Phi) is 12.0. The van der Waals surface area contributed by atoms with E-state index < -0.39 is 6.04 Å². The first-order valence-electron chi connectivity index (χ1n) is 10.1. The van der Waals surface area contributed by atoms with E-state index in [1.165, 1.54) is 6.20 Å². The first-order chi connectivity index (χ1) is 14.0. The van der Waals surface area contributed by atoms with Gasteiger partial charge >= 0.3 is 0 Å². The number of nitrogens with two attached hydrogens (primary N) is 2. The molecular formula is C21H33N5O3. The summed E-state index contributed by atoms with van der Waals surface area (Å²) in [5.41, 5.74) is 11.8. The van der Waals surface area contributed by atoms with Crippen LogP contribution >= 0.6 is 0 Å². The number of aromatic nitrogens is 1. The van der Waals surface area contributed by atoms with Crippen molar-refractivity contribution in [3.05, 3.63) is 42.2 Å². The molecule has 0 unspecified atom stereocenters. The lowest BCUT2D eigenvalue weighted by Crippen LogP contribution is -2.40. The maximum Gasteiger partial charge on any atom is 0.252 e. The number of carbonyl (C=O) groups excluding carboxylic acids is 3.